The molecule has 2 atom stereocenters. The highest BCUT2D eigenvalue weighted by molar-refractivity contribution is 5.85. The van der Waals surface area contributed by atoms with Crippen LogP contribution in [-0.2, 0) is 9.53 Å². The van der Waals surface area contributed by atoms with E-state index in [4.69, 9.17) is 5.73 Å². The Bertz CT molecular complexity index is 152. The fourth-order valence-corrected chi connectivity index (χ4v) is 1.62. The number of nitrogens with two attached hydrogens (primary N) is 1. The summed E-state index contributed by atoms with van der Waals surface area (Å²) in [5, 5.41) is 0. The number of hydrogen-bond donors (Lipinski definition) is 1. The molecule has 3 nitrogen and oxygen atoms in total. The summed E-state index contributed by atoms with van der Waals surface area (Å²) >= 11 is 0. The third-order valence-corrected chi connectivity index (χ3v) is 2.37. The van der Waals surface area contributed by atoms with Crippen molar-refractivity contribution >= 4 is 18.4 Å². The number of methoxy groups -OCH3 is 1. The average Bonchev–Trinajstić information content (AvgIpc) is 2.37. The van der Waals surface area contributed by atoms with Gasteiger partial charge in [-0.15, -0.1) is 12.4 Å². The van der Waals surface area contributed by atoms with Gasteiger partial charge in [-0.25, -0.2) is 0 Å². The van der Waals surface area contributed by atoms with Crippen LogP contribution < -0.4 is 5.73 Å². The molecule has 1 aliphatic rings. The predicted molar refractivity (Wildman–Crippen MR) is 49.2 cm³/mol. The molecule has 1 aliphatic carbocycles. The number of carbonyl (C=O) groups is 1. The summed E-state index contributed by atoms with van der Waals surface area (Å²) in [6, 6.07) is 0.217. The number of rotatable bonds is 2. The average molecular weight is 194 g/mol. The van der Waals surface area contributed by atoms with E-state index < -0.39 is 0 Å². The van der Waals surface area contributed by atoms with Gasteiger partial charge < -0.3 is 10.5 Å². The molecule has 1 rings (SSSR count). The van der Waals surface area contributed by atoms with Crippen molar-refractivity contribution in [2.45, 2.75) is 31.7 Å². The lowest BCUT2D eigenvalue weighted by Crippen LogP contribution is -2.26. The molecule has 0 aromatic carbocycles. The predicted octanol–water partition coefficient (Wildman–Crippen LogP) is 1.10. The van der Waals surface area contributed by atoms with Crippen molar-refractivity contribution in [2.24, 2.45) is 11.7 Å². The Morgan fingerprint density at radius 2 is 2.25 bits per heavy atom. The Morgan fingerprint density at radius 1 is 1.58 bits per heavy atom. The monoisotopic (exact) mass is 193 g/mol. The van der Waals surface area contributed by atoms with Crippen LogP contribution in [0, 0.1) is 5.92 Å². The van der Waals surface area contributed by atoms with E-state index in [0.717, 1.165) is 19.3 Å². The van der Waals surface area contributed by atoms with E-state index in [1.807, 2.05) is 0 Å². The van der Waals surface area contributed by atoms with Gasteiger partial charge in [0.05, 0.1) is 7.11 Å². The molecule has 12 heavy (non-hydrogen) atoms. The standard InChI is InChI=1S/C8H15NO2.ClH/c1-11-8(10)5-6-3-2-4-7(6)9;/h6-7H,2-5,9H2,1H3;1H. The zero-order chi connectivity index (χ0) is 8.27. The molecule has 0 aliphatic heterocycles. The van der Waals surface area contributed by atoms with E-state index in [1.165, 1.54) is 7.11 Å². The van der Waals surface area contributed by atoms with Gasteiger partial charge in [-0.1, -0.05) is 6.42 Å². The lowest BCUT2D eigenvalue weighted by Gasteiger charge is -2.12. The van der Waals surface area contributed by atoms with E-state index in [9.17, 15) is 4.79 Å². The van der Waals surface area contributed by atoms with Gasteiger partial charge in [-0.05, 0) is 18.8 Å². The topological polar surface area (TPSA) is 52.3 Å². The minimum Gasteiger partial charge on any atom is -0.469 e. The molecular formula is C8H16ClNO2. The van der Waals surface area contributed by atoms with Crippen molar-refractivity contribution in [2.75, 3.05) is 7.11 Å². The van der Waals surface area contributed by atoms with Gasteiger partial charge in [0, 0.05) is 12.5 Å². The fraction of sp³-hybridized carbons (Fsp3) is 0.875. The number of ether oxygens (including phenoxy) is 1. The molecular weight excluding hydrogens is 178 g/mol. The third kappa shape index (κ3) is 2.99. The highest BCUT2D eigenvalue weighted by atomic mass is 35.5. The highest BCUT2D eigenvalue weighted by Crippen LogP contribution is 2.26. The molecule has 0 bridgehead atoms. The summed E-state index contributed by atoms with van der Waals surface area (Å²) in [4.78, 5) is 10.8. The number of carbonyl (C=O) groups excluding carboxylic acids is 1. The summed E-state index contributed by atoms with van der Waals surface area (Å²) in [5.74, 6) is 0.231. The SMILES string of the molecule is COC(=O)CC1CCCC1N.Cl. The molecule has 0 aromatic heterocycles. The molecule has 0 aromatic rings. The molecule has 1 fully saturated rings. The van der Waals surface area contributed by atoms with Gasteiger partial charge >= 0.3 is 5.97 Å². The summed E-state index contributed by atoms with van der Waals surface area (Å²) in [6.45, 7) is 0. The van der Waals surface area contributed by atoms with Crippen molar-refractivity contribution in [3.63, 3.8) is 0 Å². The number of esters is 1. The summed E-state index contributed by atoms with van der Waals surface area (Å²) in [6.07, 6.45) is 3.79. The largest absolute Gasteiger partial charge is 0.469 e. The number of halogens is 1. The first-order valence-corrected chi connectivity index (χ1v) is 4.06. The van der Waals surface area contributed by atoms with Gasteiger partial charge in [0.15, 0.2) is 0 Å². The summed E-state index contributed by atoms with van der Waals surface area (Å²) < 4.78 is 4.57. The summed E-state index contributed by atoms with van der Waals surface area (Å²) in [7, 11) is 1.42. The van der Waals surface area contributed by atoms with Crippen molar-refractivity contribution < 1.29 is 9.53 Å². The second-order valence-corrected chi connectivity index (χ2v) is 3.14. The van der Waals surface area contributed by atoms with Crippen LogP contribution in [0.1, 0.15) is 25.7 Å². The van der Waals surface area contributed by atoms with Crippen molar-refractivity contribution in [1.29, 1.82) is 0 Å². The Balaban J connectivity index is 0.00000121. The van der Waals surface area contributed by atoms with E-state index in [1.54, 1.807) is 0 Å². The minimum absolute atomic E-state index is 0. The molecule has 72 valence electrons. The first-order chi connectivity index (χ1) is 5.24. The van der Waals surface area contributed by atoms with Crippen LogP contribution in [-0.4, -0.2) is 19.1 Å². The van der Waals surface area contributed by atoms with Crippen molar-refractivity contribution in [3.05, 3.63) is 0 Å². The smallest absolute Gasteiger partial charge is 0.305 e. The molecule has 0 spiro atoms. The first-order valence-electron chi connectivity index (χ1n) is 4.06. The van der Waals surface area contributed by atoms with Crippen molar-refractivity contribution in [3.8, 4) is 0 Å². The molecule has 0 heterocycles. The normalized spacial score (nSPS) is 27.8. The maximum absolute atomic E-state index is 10.8. The second kappa shape index (κ2) is 5.38. The van der Waals surface area contributed by atoms with E-state index >= 15 is 0 Å². The number of hydrogen-bond acceptors (Lipinski definition) is 3. The zero-order valence-corrected chi connectivity index (χ0v) is 8.10. The third-order valence-electron chi connectivity index (χ3n) is 2.37. The second-order valence-electron chi connectivity index (χ2n) is 3.14. The van der Waals surface area contributed by atoms with Crippen LogP contribution in [0.5, 0.6) is 0 Å². The Labute approximate surface area is 79.1 Å². The first kappa shape index (κ1) is 11.7. The fourth-order valence-electron chi connectivity index (χ4n) is 1.62. The molecule has 0 radical (unpaired) electrons. The van der Waals surface area contributed by atoms with Crippen LogP contribution >= 0.6 is 12.4 Å². The van der Waals surface area contributed by atoms with Gasteiger partial charge in [-0.2, -0.15) is 0 Å². The minimum atomic E-state index is -0.132. The molecule has 0 saturated heterocycles. The Kier molecular flexibility index (Phi) is 5.25. The molecule has 2 unspecified atom stereocenters. The van der Waals surface area contributed by atoms with Crippen LogP contribution in [0.3, 0.4) is 0 Å². The maximum Gasteiger partial charge on any atom is 0.305 e. The molecule has 0 amide bonds. The zero-order valence-electron chi connectivity index (χ0n) is 7.29. The quantitative estimate of drug-likeness (QED) is 0.669. The van der Waals surface area contributed by atoms with Crippen LogP contribution in [0.4, 0.5) is 0 Å². The molecule has 1 saturated carbocycles. The van der Waals surface area contributed by atoms with E-state index in [-0.39, 0.29) is 24.4 Å². The van der Waals surface area contributed by atoms with Crippen LogP contribution in [0.15, 0.2) is 0 Å². The molecule has 2 N–H and O–H groups in total. The maximum atomic E-state index is 10.8. The van der Waals surface area contributed by atoms with E-state index in [0.29, 0.717) is 12.3 Å². The van der Waals surface area contributed by atoms with Gasteiger partial charge in [0.25, 0.3) is 0 Å². The van der Waals surface area contributed by atoms with E-state index in [2.05, 4.69) is 4.74 Å². The lowest BCUT2D eigenvalue weighted by molar-refractivity contribution is -0.141. The summed E-state index contributed by atoms with van der Waals surface area (Å²) in [5.41, 5.74) is 5.77. The molecule has 4 heteroatoms. The van der Waals surface area contributed by atoms with Crippen LogP contribution in [0.2, 0.25) is 0 Å². The van der Waals surface area contributed by atoms with Gasteiger partial charge in [0.2, 0.25) is 0 Å². The Morgan fingerprint density at radius 3 is 2.67 bits per heavy atom. The lowest BCUT2D eigenvalue weighted by atomic mass is 10.0. The Hall–Kier alpha value is -0.280. The van der Waals surface area contributed by atoms with Crippen molar-refractivity contribution in [1.82, 2.24) is 0 Å². The van der Waals surface area contributed by atoms with Gasteiger partial charge in [0.1, 0.15) is 0 Å². The highest BCUT2D eigenvalue weighted by Gasteiger charge is 2.26. The van der Waals surface area contributed by atoms with Gasteiger partial charge in [-0.3, -0.25) is 4.79 Å². The van der Waals surface area contributed by atoms with Crippen LogP contribution in [0.25, 0.3) is 0 Å².